The first-order valence-electron chi connectivity index (χ1n) is 8.04. The topological polar surface area (TPSA) is 41.0 Å². The molecule has 1 unspecified atom stereocenters. The quantitative estimate of drug-likeness (QED) is 0.749. The van der Waals surface area contributed by atoms with Gasteiger partial charge in [-0.25, -0.2) is 9.97 Å². The summed E-state index contributed by atoms with van der Waals surface area (Å²) in [6.07, 6.45) is 4.28. The van der Waals surface area contributed by atoms with Gasteiger partial charge in [-0.2, -0.15) is 0 Å². The average Bonchev–Trinajstić information content (AvgIpc) is 3.28. The van der Waals surface area contributed by atoms with Gasteiger partial charge in [0, 0.05) is 16.3 Å². The van der Waals surface area contributed by atoms with E-state index in [0.29, 0.717) is 6.04 Å². The minimum absolute atomic E-state index is 0.433. The van der Waals surface area contributed by atoms with Gasteiger partial charge >= 0.3 is 0 Å². The number of aromatic nitrogens is 2. The molecule has 4 rings (SSSR count). The minimum Gasteiger partial charge on any atom is -0.367 e. The number of thiophene rings is 2. The number of fused-ring (bicyclic) bond motifs is 1. The Kier molecular flexibility index (Phi) is 4.29. The molecule has 1 aliphatic heterocycles. The molecule has 1 saturated heterocycles. The van der Waals surface area contributed by atoms with Gasteiger partial charge in [0.1, 0.15) is 17.0 Å². The molecule has 4 nitrogen and oxygen atoms in total. The fourth-order valence-corrected chi connectivity index (χ4v) is 4.96. The third-order valence-corrected chi connectivity index (χ3v) is 6.30. The van der Waals surface area contributed by atoms with Crippen molar-refractivity contribution >= 4 is 38.7 Å². The number of aryl methyl sites for hydroxylation is 1. The molecule has 0 amide bonds. The largest absolute Gasteiger partial charge is 0.367 e. The van der Waals surface area contributed by atoms with Crippen LogP contribution in [0.3, 0.4) is 0 Å². The maximum atomic E-state index is 4.47. The van der Waals surface area contributed by atoms with Crippen LogP contribution in [0.5, 0.6) is 0 Å². The van der Waals surface area contributed by atoms with Crippen molar-refractivity contribution in [3.05, 3.63) is 39.7 Å². The van der Waals surface area contributed by atoms with Crippen molar-refractivity contribution in [3.63, 3.8) is 0 Å². The van der Waals surface area contributed by atoms with E-state index in [9.17, 15) is 0 Å². The van der Waals surface area contributed by atoms with Crippen LogP contribution < -0.4 is 5.32 Å². The summed E-state index contributed by atoms with van der Waals surface area (Å²) in [5.41, 5.74) is 0. The van der Waals surface area contributed by atoms with Gasteiger partial charge in [-0.3, -0.25) is 4.90 Å². The van der Waals surface area contributed by atoms with Crippen molar-refractivity contribution in [2.75, 3.05) is 25.0 Å². The second kappa shape index (κ2) is 6.55. The minimum atomic E-state index is 0.433. The van der Waals surface area contributed by atoms with Crippen LogP contribution in [-0.2, 0) is 0 Å². The number of nitrogens with one attached hydrogen (secondary N) is 1. The summed E-state index contributed by atoms with van der Waals surface area (Å²) in [6.45, 7) is 5.40. The number of nitrogens with zero attached hydrogens (tertiary/aromatic N) is 3. The first-order valence-corrected chi connectivity index (χ1v) is 9.73. The lowest BCUT2D eigenvalue weighted by atomic mass is 10.2. The molecule has 1 atom stereocenters. The molecule has 3 aromatic heterocycles. The molecule has 0 radical (unpaired) electrons. The molecule has 3 aromatic rings. The van der Waals surface area contributed by atoms with Crippen LogP contribution in [0.4, 0.5) is 5.82 Å². The number of hydrogen-bond acceptors (Lipinski definition) is 6. The zero-order chi connectivity index (χ0) is 15.6. The third kappa shape index (κ3) is 3.11. The van der Waals surface area contributed by atoms with E-state index in [1.54, 1.807) is 17.7 Å². The van der Waals surface area contributed by atoms with E-state index >= 15 is 0 Å². The molecular formula is C17H20N4S2. The Bertz CT molecular complexity index is 775. The Balaban J connectivity index is 1.57. The van der Waals surface area contributed by atoms with E-state index in [0.717, 1.165) is 22.6 Å². The number of rotatable bonds is 5. The molecule has 0 spiro atoms. The van der Waals surface area contributed by atoms with Crippen molar-refractivity contribution in [1.82, 2.24) is 14.9 Å². The molecule has 4 heterocycles. The van der Waals surface area contributed by atoms with Crippen LogP contribution in [0.15, 0.2) is 29.9 Å². The number of hydrogen-bond donors (Lipinski definition) is 1. The van der Waals surface area contributed by atoms with Crippen LogP contribution in [-0.4, -0.2) is 34.5 Å². The Morgan fingerprint density at radius 1 is 1.30 bits per heavy atom. The van der Waals surface area contributed by atoms with E-state index in [-0.39, 0.29) is 0 Å². The fourth-order valence-electron chi connectivity index (χ4n) is 3.25. The smallest absolute Gasteiger partial charge is 0.138 e. The summed E-state index contributed by atoms with van der Waals surface area (Å²) in [5.74, 6) is 0.958. The van der Waals surface area contributed by atoms with Crippen LogP contribution >= 0.6 is 22.7 Å². The summed E-state index contributed by atoms with van der Waals surface area (Å²) in [5, 5.41) is 6.90. The van der Waals surface area contributed by atoms with Crippen molar-refractivity contribution in [2.45, 2.75) is 25.8 Å². The molecule has 0 aromatic carbocycles. The summed E-state index contributed by atoms with van der Waals surface area (Å²) in [4.78, 5) is 15.2. The van der Waals surface area contributed by atoms with Crippen LogP contribution in [0.2, 0.25) is 0 Å². The van der Waals surface area contributed by atoms with Crippen LogP contribution in [0.1, 0.15) is 28.6 Å². The standard InChI is InChI=1S/C17H20N4S2/c1-12-9-13-16(19-11-20-17(13)23-12)18-10-14(15-5-4-8-22-15)21-6-2-3-7-21/h4-5,8-9,11,14H,2-3,6-7,10H2,1H3,(H,18,19,20). The first kappa shape index (κ1) is 15.1. The van der Waals surface area contributed by atoms with Crippen molar-refractivity contribution in [3.8, 4) is 0 Å². The predicted molar refractivity (Wildman–Crippen MR) is 98.5 cm³/mol. The molecule has 0 bridgehead atoms. The van der Waals surface area contributed by atoms with Gasteiger partial charge < -0.3 is 5.32 Å². The molecule has 1 fully saturated rings. The Labute approximate surface area is 144 Å². The van der Waals surface area contributed by atoms with Gasteiger partial charge in [-0.05, 0) is 50.4 Å². The molecular weight excluding hydrogens is 324 g/mol. The van der Waals surface area contributed by atoms with Crippen LogP contribution in [0.25, 0.3) is 10.2 Å². The fraction of sp³-hybridized carbons (Fsp3) is 0.412. The lowest BCUT2D eigenvalue weighted by molar-refractivity contribution is 0.259. The Morgan fingerprint density at radius 2 is 2.17 bits per heavy atom. The first-order chi connectivity index (χ1) is 11.3. The van der Waals surface area contributed by atoms with Gasteiger partial charge in [-0.1, -0.05) is 6.07 Å². The Morgan fingerprint density at radius 3 is 2.96 bits per heavy atom. The highest BCUT2D eigenvalue weighted by molar-refractivity contribution is 7.18. The van der Waals surface area contributed by atoms with Crippen molar-refractivity contribution < 1.29 is 0 Å². The summed E-state index contributed by atoms with van der Waals surface area (Å²) in [6, 6.07) is 7.01. The summed E-state index contributed by atoms with van der Waals surface area (Å²) >= 11 is 3.57. The van der Waals surface area contributed by atoms with Crippen molar-refractivity contribution in [1.29, 1.82) is 0 Å². The van der Waals surface area contributed by atoms with E-state index in [4.69, 9.17) is 0 Å². The average molecular weight is 345 g/mol. The van der Waals surface area contributed by atoms with Gasteiger partial charge in [0.15, 0.2) is 0 Å². The van der Waals surface area contributed by atoms with Crippen molar-refractivity contribution in [2.24, 2.45) is 0 Å². The maximum absolute atomic E-state index is 4.47. The van der Waals surface area contributed by atoms with E-state index in [2.05, 4.69) is 50.7 Å². The zero-order valence-electron chi connectivity index (χ0n) is 13.2. The lowest BCUT2D eigenvalue weighted by Gasteiger charge is -2.27. The second-order valence-corrected chi connectivity index (χ2v) is 8.17. The van der Waals surface area contributed by atoms with Gasteiger partial charge in [0.25, 0.3) is 0 Å². The van der Waals surface area contributed by atoms with E-state index in [1.807, 2.05) is 11.3 Å². The number of likely N-dealkylation sites (tertiary alicyclic amines) is 1. The predicted octanol–water partition coefficient (Wildman–Crippen LogP) is 4.31. The monoisotopic (exact) mass is 344 g/mol. The van der Waals surface area contributed by atoms with E-state index < -0.39 is 0 Å². The third-order valence-electron chi connectivity index (χ3n) is 4.37. The summed E-state index contributed by atoms with van der Waals surface area (Å²) < 4.78 is 0. The lowest BCUT2D eigenvalue weighted by Crippen LogP contribution is -2.30. The molecule has 23 heavy (non-hydrogen) atoms. The van der Waals surface area contributed by atoms with Crippen LogP contribution in [0, 0.1) is 6.92 Å². The summed E-state index contributed by atoms with van der Waals surface area (Å²) in [7, 11) is 0. The number of anilines is 1. The van der Waals surface area contributed by atoms with Gasteiger partial charge in [0.05, 0.1) is 11.4 Å². The van der Waals surface area contributed by atoms with Gasteiger partial charge in [-0.15, -0.1) is 22.7 Å². The molecule has 0 aliphatic carbocycles. The molecule has 1 aliphatic rings. The highest BCUT2D eigenvalue weighted by Gasteiger charge is 2.24. The normalized spacial score (nSPS) is 16.9. The highest BCUT2D eigenvalue weighted by atomic mass is 32.1. The molecule has 1 N–H and O–H groups in total. The highest BCUT2D eigenvalue weighted by Crippen LogP contribution is 2.31. The van der Waals surface area contributed by atoms with Gasteiger partial charge in [0.2, 0.25) is 0 Å². The SMILES string of the molecule is Cc1cc2c(NCC(c3cccs3)N3CCCC3)ncnc2s1. The zero-order valence-corrected chi connectivity index (χ0v) is 14.8. The second-order valence-electron chi connectivity index (χ2n) is 5.95. The molecule has 6 heteroatoms. The Hall–Kier alpha value is -1.50. The molecule has 0 saturated carbocycles. The maximum Gasteiger partial charge on any atom is 0.138 e. The molecule has 120 valence electrons. The van der Waals surface area contributed by atoms with E-state index in [1.165, 1.54) is 35.7 Å².